The van der Waals surface area contributed by atoms with E-state index in [1.807, 2.05) is 13.8 Å². The molecule has 0 radical (unpaired) electrons. The van der Waals surface area contributed by atoms with Crippen LogP contribution in [0.1, 0.15) is 194 Å². The molecule has 0 bridgehead atoms. The molecule has 8 fully saturated rings. The van der Waals surface area contributed by atoms with Crippen molar-refractivity contribution >= 4 is 39.4 Å². The van der Waals surface area contributed by atoms with Crippen LogP contribution >= 0.6 is 15.9 Å². The van der Waals surface area contributed by atoms with Gasteiger partial charge < -0.3 is 29.2 Å². The predicted molar refractivity (Wildman–Crippen MR) is 294 cm³/mol. The number of nitrogens with one attached hydrogen (secondary N) is 1. The number of nitrogens with zero attached hydrogens (tertiary/aromatic N) is 3. The summed E-state index contributed by atoms with van der Waals surface area (Å²) in [6, 6.07) is 3.20. The van der Waals surface area contributed by atoms with Crippen LogP contribution in [0.3, 0.4) is 0 Å². The molecule has 18 atom stereocenters. The Hall–Kier alpha value is -2.98. The molecule has 75 heavy (non-hydrogen) atoms. The van der Waals surface area contributed by atoms with Crippen molar-refractivity contribution in [2.24, 2.45) is 80.8 Å². The van der Waals surface area contributed by atoms with Crippen LogP contribution in [-0.4, -0.2) is 110 Å². The van der Waals surface area contributed by atoms with Crippen LogP contribution in [0.25, 0.3) is 0 Å². The van der Waals surface area contributed by atoms with E-state index in [4.69, 9.17) is 14.2 Å². The molecule has 2 aromatic heterocycles. The Kier molecular flexibility index (Phi) is 20.8. The number of ether oxygens (including phenoxy) is 4. The number of ketones is 2. The van der Waals surface area contributed by atoms with Gasteiger partial charge >= 0.3 is 11.9 Å². The number of hydrogen-bond donors (Lipinski definition) is 3. The van der Waals surface area contributed by atoms with E-state index in [1.165, 1.54) is 51.1 Å². The van der Waals surface area contributed by atoms with E-state index in [0.717, 1.165) is 69.6 Å². The molecule has 8 aliphatic carbocycles. The van der Waals surface area contributed by atoms with Gasteiger partial charge in [0, 0.05) is 37.4 Å². The van der Waals surface area contributed by atoms with E-state index in [0.29, 0.717) is 84.2 Å². The molecule has 0 aliphatic heterocycles. The highest BCUT2D eigenvalue weighted by Crippen LogP contribution is 2.69. The van der Waals surface area contributed by atoms with Crippen LogP contribution in [0.15, 0.2) is 24.5 Å². The van der Waals surface area contributed by atoms with Gasteiger partial charge in [-0.25, -0.2) is 9.59 Å². The van der Waals surface area contributed by atoms with Crippen molar-refractivity contribution in [3.05, 3.63) is 35.9 Å². The summed E-state index contributed by atoms with van der Waals surface area (Å²) in [6.07, 6.45) is 20.4. The van der Waals surface area contributed by atoms with Gasteiger partial charge in [-0.05, 0) is 212 Å². The van der Waals surface area contributed by atoms with Gasteiger partial charge in [-0.1, -0.05) is 58.5 Å². The third-order valence-corrected chi connectivity index (χ3v) is 22.0. The van der Waals surface area contributed by atoms with Crippen molar-refractivity contribution in [3.63, 3.8) is 0 Å². The topological polar surface area (TPSA) is 192 Å². The lowest BCUT2D eigenvalue weighted by Gasteiger charge is -2.61. The fraction of sp³-hybridized carbons (Fsp3) is 0.833. The summed E-state index contributed by atoms with van der Waals surface area (Å²) in [4.78, 5) is 48.9. The Morgan fingerprint density at radius 3 is 1.57 bits per heavy atom. The lowest BCUT2D eigenvalue weighted by Crippen LogP contribution is -2.57. The molecule has 10 rings (SSSR count). The molecular formula is C60H97BrN4O10. The van der Waals surface area contributed by atoms with E-state index in [1.54, 1.807) is 36.9 Å². The summed E-state index contributed by atoms with van der Waals surface area (Å²) in [7, 11) is 0. The van der Waals surface area contributed by atoms with E-state index in [9.17, 15) is 29.4 Å². The van der Waals surface area contributed by atoms with E-state index >= 15 is 0 Å². The molecule has 14 nitrogen and oxygen atoms in total. The normalized spacial score (nSPS) is 40.0. The third kappa shape index (κ3) is 11.8. The number of aromatic amines is 1. The highest BCUT2D eigenvalue weighted by Gasteiger charge is 2.64. The summed E-state index contributed by atoms with van der Waals surface area (Å²) in [5.74, 6) is 5.47. The number of rotatable bonds is 13. The second-order valence-electron chi connectivity index (χ2n) is 24.5. The Morgan fingerprint density at radius 1 is 0.640 bits per heavy atom. The van der Waals surface area contributed by atoms with Crippen LogP contribution in [0.2, 0.25) is 0 Å². The molecule has 0 spiro atoms. The molecule has 0 saturated heterocycles. The van der Waals surface area contributed by atoms with Crippen LogP contribution in [-0.2, 0) is 35.1 Å². The minimum absolute atomic E-state index is 0. The molecule has 0 aromatic carbocycles. The van der Waals surface area contributed by atoms with Crippen molar-refractivity contribution in [2.45, 2.75) is 204 Å². The van der Waals surface area contributed by atoms with Gasteiger partial charge in [0.2, 0.25) is 0 Å². The lowest BCUT2D eigenvalue weighted by molar-refractivity contribution is -0.172. The molecule has 0 amide bonds. The Bertz CT molecular complexity index is 2210. The molecule has 2 aromatic rings. The van der Waals surface area contributed by atoms with Crippen LogP contribution in [0.4, 0.5) is 0 Å². The number of esters is 2. The minimum Gasteiger partial charge on any atom is -0.461 e. The number of fused-ring (bicyclic) bond motifs is 10. The number of hydrogen-bond acceptors (Lipinski definition) is 12. The molecule has 8 saturated carbocycles. The molecular weight excluding hydrogens is 1020 g/mol. The second-order valence-corrected chi connectivity index (χ2v) is 25.1. The van der Waals surface area contributed by atoms with Crippen LogP contribution < -0.4 is 0 Å². The van der Waals surface area contributed by atoms with Gasteiger partial charge in [0.25, 0.3) is 0 Å². The molecule has 424 valence electrons. The summed E-state index contributed by atoms with van der Waals surface area (Å²) < 4.78 is 23.3. The second kappa shape index (κ2) is 25.4. The number of aromatic nitrogens is 4. The van der Waals surface area contributed by atoms with E-state index < -0.39 is 5.97 Å². The Morgan fingerprint density at radius 2 is 1.12 bits per heavy atom. The van der Waals surface area contributed by atoms with Crippen LogP contribution in [0, 0.1) is 80.8 Å². The quantitative estimate of drug-likeness (QED) is 0.127. The first-order valence-electron chi connectivity index (χ1n) is 28.5. The largest absolute Gasteiger partial charge is 0.461 e. The van der Waals surface area contributed by atoms with Crippen molar-refractivity contribution in [3.8, 4) is 0 Å². The molecule has 15 heteroatoms. The number of Topliss-reactive ketones (excluding diaryl/α,β-unsaturated/α-hetero) is 2. The van der Waals surface area contributed by atoms with Gasteiger partial charge in [-0.2, -0.15) is 10.2 Å². The zero-order chi connectivity index (χ0) is 52.5. The SMILES string of the molecule is C.C.CCOC(=O)c1ccn(CC(=O)[C@H]2CC[C@H]3[C@@H]4CC[C@H]5C[C@H](O)[C@@H](OCC)C[C@]5(C)[C@H]4CC[C@]23C)n1.CCOC(=O)c1ccn[nH]1.CCO[C@H]1C[C@@]2(C)[C@@H](CC[C@@H]3[C@@H]2CC[C@]2(C)[C@@H](C(=O)CBr)CC[C@@H]32)C[C@@H]1O. The highest BCUT2D eigenvalue weighted by atomic mass is 79.9. The standard InChI is InChI=1S/C29H44N2O5.C23H37BrO3.C6H8N2O2.2CH4/c1-5-35-26-16-29(4)18(15-24(26)32)7-8-19-20-9-10-22(28(20,3)13-11-21(19)29)25(33)17-31-14-12-23(30-31)27(34)36-6-2;1-4-27-21-12-23(3)14(11-19(21)25)5-6-15-16-7-8-18(20(26)13-24)22(16,2)10-9-17(15)23;1-2-10-6(9)5-3-4-7-8-5;;/h12,14,18-22,24,26,32H,5-11,13,15-17H2,1-4H3;14-19,21,25H,4-13H2,1-3H3;3-4H,2H2,1H3,(H,7,8);2*1H4/t18-,19-,20-,21-,22+,24-,26-,28-,29-;14-,15-,16-,17-,18+,19-,21-,22-,23-;;;/m00.../s1. The average Bonchev–Trinajstić information content (AvgIpc) is 4.20. The van der Waals surface area contributed by atoms with Gasteiger partial charge in [0.05, 0.1) is 49.5 Å². The average molecular weight is 1110 g/mol. The van der Waals surface area contributed by atoms with Gasteiger partial charge in [0.15, 0.2) is 11.5 Å². The van der Waals surface area contributed by atoms with Crippen molar-refractivity contribution < 1.29 is 48.3 Å². The maximum atomic E-state index is 13.6. The zero-order valence-electron chi connectivity index (χ0n) is 45.3. The molecule has 2 heterocycles. The van der Waals surface area contributed by atoms with Crippen LogP contribution in [0.5, 0.6) is 0 Å². The number of carbonyl (C=O) groups excluding carboxylic acids is 4. The number of H-pyrrole nitrogens is 1. The van der Waals surface area contributed by atoms with Crippen molar-refractivity contribution in [2.75, 3.05) is 31.8 Å². The monoisotopic (exact) mass is 1110 g/mol. The maximum absolute atomic E-state index is 13.6. The first-order chi connectivity index (χ1) is 34.9. The number of carbonyl (C=O) groups is 4. The summed E-state index contributed by atoms with van der Waals surface area (Å²) in [5, 5.41) is 32.2. The fourth-order valence-electron chi connectivity index (χ4n) is 18.0. The van der Waals surface area contributed by atoms with E-state index in [-0.39, 0.29) is 91.3 Å². The van der Waals surface area contributed by atoms with Gasteiger partial charge in [-0.3, -0.25) is 19.4 Å². The predicted octanol–water partition coefficient (Wildman–Crippen LogP) is 11.5. The summed E-state index contributed by atoms with van der Waals surface area (Å²) >= 11 is 3.43. The number of aliphatic hydroxyl groups is 2. The van der Waals surface area contributed by atoms with Crippen molar-refractivity contribution in [1.29, 1.82) is 0 Å². The van der Waals surface area contributed by atoms with Crippen molar-refractivity contribution in [1.82, 2.24) is 20.0 Å². The Balaban J connectivity index is 0.000000206. The number of aliphatic hydroxyl groups excluding tert-OH is 2. The zero-order valence-corrected chi connectivity index (χ0v) is 46.9. The molecule has 0 unspecified atom stereocenters. The molecule has 3 N–H and O–H groups in total. The fourth-order valence-corrected chi connectivity index (χ4v) is 18.4. The van der Waals surface area contributed by atoms with Gasteiger partial charge in [-0.15, -0.1) is 0 Å². The molecule has 8 aliphatic rings. The smallest absolute Gasteiger partial charge is 0.358 e. The maximum Gasteiger partial charge on any atom is 0.358 e. The Labute approximate surface area is 458 Å². The minimum atomic E-state index is -0.444. The lowest BCUT2D eigenvalue weighted by atomic mass is 9.44. The first-order valence-corrected chi connectivity index (χ1v) is 29.6. The number of alkyl halides is 1. The highest BCUT2D eigenvalue weighted by molar-refractivity contribution is 9.09. The summed E-state index contributed by atoms with van der Waals surface area (Å²) in [6.45, 7) is 19.6. The van der Waals surface area contributed by atoms with E-state index in [2.05, 4.69) is 63.7 Å². The number of halogens is 1. The van der Waals surface area contributed by atoms with Gasteiger partial charge in [0.1, 0.15) is 11.5 Å². The first kappa shape index (κ1) is 61.2. The third-order valence-electron chi connectivity index (χ3n) is 21.4. The summed E-state index contributed by atoms with van der Waals surface area (Å²) in [5.41, 5.74) is 1.40.